The summed E-state index contributed by atoms with van der Waals surface area (Å²) >= 11 is 3.56. The molecule has 0 bridgehead atoms. The number of halogens is 1. The number of nitrogens with two attached hydrogens (primary N) is 1. The van der Waals surface area contributed by atoms with Crippen LogP contribution >= 0.6 is 15.9 Å². The van der Waals surface area contributed by atoms with Gasteiger partial charge in [-0.1, -0.05) is 34.1 Å². The van der Waals surface area contributed by atoms with Crippen LogP contribution < -0.4 is 11.3 Å². The number of benzene rings is 1. The molecule has 3 rings (SSSR count). The third-order valence-electron chi connectivity index (χ3n) is 4.36. The number of fused-ring (bicyclic) bond motifs is 1. The minimum Gasteiger partial charge on any atom is -0.271 e. The van der Waals surface area contributed by atoms with E-state index in [0.29, 0.717) is 5.92 Å². The fraction of sp³-hybridized carbons (Fsp3) is 0.353. The van der Waals surface area contributed by atoms with E-state index >= 15 is 0 Å². The first kappa shape index (κ1) is 14.7. The zero-order valence-corrected chi connectivity index (χ0v) is 13.7. The first-order chi connectivity index (χ1) is 10.2. The highest BCUT2D eigenvalue weighted by Gasteiger charge is 2.29. The van der Waals surface area contributed by atoms with Gasteiger partial charge >= 0.3 is 0 Å². The largest absolute Gasteiger partial charge is 0.271 e. The van der Waals surface area contributed by atoms with E-state index in [-0.39, 0.29) is 6.04 Å². The van der Waals surface area contributed by atoms with Crippen molar-refractivity contribution in [3.05, 3.63) is 63.4 Å². The second kappa shape index (κ2) is 6.26. The number of hydrogen-bond donors (Lipinski definition) is 2. The first-order valence-electron chi connectivity index (χ1n) is 7.36. The molecule has 0 amide bonds. The fourth-order valence-electron chi connectivity index (χ4n) is 3.28. The van der Waals surface area contributed by atoms with Crippen molar-refractivity contribution in [3.8, 4) is 0 Å². The van der Waals surface area contributed by atoms with Gasteiger partial charge in [0.15, 0.2) is 0 Å². The van der Waals surface area contributed by atoms with Crippen LogP contribution in [0.1, 0.15) is 47.2 Å². The molecular formula is C17H20BrN3. The summed E-state index contributed by atoms with van der Waals surface area (Å²) in [6.07, 6.45) is 5.32. The Hall–Kier alpha value is -1.23. The summed E-state index contributed by atoms with van der Waals surface area (Å²) in [5.41, 5.74) is 8.04. The van der Waals surface area contributed by atoms with E-state index in [0.717, 1.165) is 17.3 Å². The Morgan fingerprint density at radius 1 is 1.38 bits per heavy atom. The molecule has 0 saturated carbocycles. The Labute approximate surface area is 134 Å². The Bertz CT molecular complexity index is 642. The molecule has 1 aliphatic carbocycles. The molecule has 0 saturated heterocycles. The van der Waals surface area contributed by atoms with Gasteiger partial charge in [-0.3, -0.25) is 16.3 Å². The Balaban J connectivity index is 1.99. The average molecular weight is 346 g/mol. The fourth-order valence-corrected chi connectivity index (χ4v) is 3.52. The van der Waals surface area contributed by atoms with E-state index in [1.54, 1.807) is 0 Å². The number of rotatable bonds is 3. The molecule has 0 spiro atoms. The van der Waals surface area contributed by atoms with Crippen LogP contribution in [-0.2, 0) is 6.42 Å². The van der Waals surface area contributed by atoms with E-state index in [1.807, 2.05) is 12.3 Å². The van der Waals surface area contributed by atoms with Gasteiger partial charge in [0.05, 0.1) is 6.04 Å². The number of hydrazine groups is 1. The van der Waals surface area contributed by atoms with Gasteiger partial charge in [0.25, 0.3) is 0 Å². The zero-order chi connectivity index (χ0) is 14.8. The van der Waals surface area contributed by atoms with Crippen LogP contribution in [0, 0.1) is 6.92 Å². The molecule has 4 heteroatoms. The van der Waals surface area contributed by atoms with Crippen LogP contribution in [0.2, 0.25) is 0 Å². The number of nitrogens with one attached hydrogen (secondary N) is 1. The van der Waals surface area contributed by atoms with Gasteiger partial charge in [-0.25, -0.2) is 0 Å². The molecule has 110 valence electrons. The van der Waals surface area contributed by atoms with E-state index in [2.05, 4.69) is 57.5 Å². The molecule has 0 fully saturated rings. The third-order valence-corrected chi connectivity index (χ3v) is 5.25. The molecule has 1 heterocycles. The number of nitrogens with zero attached hydrogens (tertiary/aromatic N) is 1. The second-order valence-electron chi connectivity index (χ2n) is 5.70. The summed E-state index contributed by atoms with van der Waals surface area (Å²) < 4.78 is 1.13. The maximum Gasteiger partial charge on any atom is 0.0543 e. The van der Waals surface area contributed by atoms with Gasteiger partial charge in [-0.15, -0.1) is 0 Å². The summed E-state index contributed by atoms with van der Waals surface area (Å²) in [4.78, 5) is 4.63. The molecular weight excluding hydrogens is 326 g/mol. The van der Waals surface area contributed by atoms with Gasteiger partial charge in [-0.05, 0) is 55.0 Å². The molecule has 3 N–H and O–H groups in total. The van der Waals surface area contributed by atoms with E-state index < -0.39 is 0 Å². The lowest BCUT2D eigenvalue weighted by molar-refractivity contribution is 0.400. The average Bonchev–Trinajstić information content (AvgIpc) is 2.52. The van der Waals surface area contributed by atoms with Crippen molar-refractivity contribution in [1.29, 1.82) is 0 Å². The molecule has 2 aromatic rings. The lowest BCUT2D eigenvalue weighted by Crippen LogP contribution is -2.34. The second-order valence-corrected chi connectivity index (χ2v) is 6.55. The summed E-state index contributed by atoms with van der Waals surface area (Å²) in [6.45, 7) is 2.11. The van der Waals surface area contributed by atoms with E-state index in [9.17, 15) is 0 Å². The summed E-state index contributed by atoms with van der Waals surface area (Å²) in [5, 5.41) is 0. The molecule has 3 nitrogen and oxygen atoms in total. The molecule has 1 aliphatic rings. The zero-order valence-electron chi connectivity index (χ0n) is 12.1. The van der Waals surface area contributed by atoms with Crippen molar-refractivity contribution in [2.75, 3.05) is 0 Å². The normalized spacial score (nSPS) is 19.1. The van der Waals surface area contributed by atoms with Crippen molar-refractivity contribution < 1.29 is 0 Å². The smallest absolute Gasteiger partial charge is 0.0543 e. The van der Waals surface area contributed by atoms with Gasteiger partial charge in [0.2, 0.25) is 0 Å². The topological polar surface area (TPSA) is 50.9 Å². The van der Waals surface area contributed by atoms with Crippen LogP contribution in [0.5, 0.6) is 0 Å². The number of pyridine rings is 1. The van der Waals surface area contributed by atoms with Gasteiger partial charge in [0.1, 0.15) is 0 Å². The maximum absolute atomic E-state index is 5.89. The van der Waals surface area contributed by atoms with Gasteiger partial charge in [0, 0.05) is 22.3 Å². The highest BCUT2D eigenvalue weighted by atomic mass is 79.9. The van der Waals surface area contributed by atoms with E-state index in [1.165, 1.54) is 28.8 Å². The third kappa shape index (κ3) is 2.89. The Morgan fingerprint density at radius 3 is 3.00 bits per heavy atom. The van der Waals surface area contributed by atoms with Crippen LogP contribution in [0.4, 0.5) is 0 Å². The Kier molecular flexibility index (Phi) is 4.38. The number of aromatic nitrogens is 1. The molecule has 1 aromatic carbocycles. The Morgan fingerprint density at radius 2 is 2.24 bits per heavy atom. The lowest BCUT2D eigenvalue weighted by atomic mass is 9.79. The van der Waals surface area contributed by atoms with Crippen LogP contribution in [-0.4, -0.2) is 4.98 Å². The minimum absolute atomic E-state index is 0.103. The maximum atomic E-state index is 5.89. The highest BCUT2D eigenvalue weighted by Crippen LogP contribution is 2.39. The highest BCUT2D eigenvalue weighted by molar-refractivity contribution is 9.10. The predicted molar refractivity (Wildman–Crippen MR) is 88.9 cm³/mol. The summed E-state index contributed by atoms with van der Waals surface area (Å²) in [7, 11) is 0. The molecule has 2 unspecified atom stereocenters. The van der Waals surface area contributed by atoms with Gasteiger partial charge in [-0.2, -0.15) is 0 Å². The number of aryl methyl sites for hydroxylation is 2. The van der Waals surface area contributed by atoms with E-state index in [4.69, 9.17) is 5.84 Å². The minimum atomic E-state index is 0.103. The van der Waals surface area contributed by atoms with Crippen molar-refractivity contribution in [2.24, 2.45) is 5.84 Å². The summed E-state index contributed by atoms with van der Waals surface area (Å²) in [5.74, 6) is 6.23. The van der Waals surface area contributed by atoms with Crippen LogP contribution in [0.25, 0.3) is 0 Å². The van der Waals surface area contributed by atoms with Gasteiger partial charge < -0.3 is 0 Å². The molecule has 1 aromatic heterocycles. The molecule has 2 atom stereocenters. The molecule has 0 radical (unpaired) electrons. The molecule has 21 heavy (non-hydrogen) atoms. The first-order valence-corrected chi connectivity index (χ1v) is 8.16. The standard InChI is InChI=1S/C17H20BrN3/c1-11-10-13(7-8-15(11)18)17(21-19)14-6-2-4-12-5-3-9-20-16(12)14/h3,5,7-10,14,17,21H,2,4,6,19H2,1H3. The number of hydrogen-bond acceptors (Lipinski definition) is 3. The van der Waals surface area contributed by atoms with Crippen LogP contribution in [0.3, 0.4) is 0 Å². The van der Waals surface area contributed by atoms with Crippen molar-refractivity contribution in [2.45, 2.75) is 38.1 Å². The van der Waals surface area contributed by atoms with Crippen molar-refractivity contribution >= 4 is 15.9 Å². The molecule has 0 aliphatic heterocycles. The SMILES string of the molecule is Cc1cc(C(NN)C2CCCc3cccnc32)ccc1Br. The predicted octanol–water partition coefficient (Wildman–Crippen LogP) is 3.78. The van der Waals surface area contributed by atoms with Crippen molar-refractivity contribution in [1.82, 2.24) is 10.4 Å². The quantitative estimate of drug-likeness (QED) is 0.657. The summed E-state index contributed by atoms with van der Waals surface area (Å²) in [6, 6.07) is 10.7. The van der Waals surface area contributed by atoms with Crippen LogP contribution in [0.15, 0.2) is 41.0 Å². The van der Waals surface area contributed by atoms with Crippen molar-refractivity contribution in [3.63, 3.8) is 0 Å². The lowest BCUT2D eigenvalue weighted by Gasteiger charge is -2.31. The monoisotopic (exact) mass is 345 g/mol.